The monoisotopic (exact) mass is 216 g/mol. The largest absolute Gasteiger partial charge is 0.360 e. The average molecular weight is 216 g/mol. The Morgan fingerprint density at radius 1 is 1.00 bits per heavy atom. The minimum Gasteiger partial charge on any atom is -0.309 e. The first-order valence-corrected chi connectivity index (χ1v) is 6.04. The summed E-state index contributed by atoms with van der Waals surface area (Å²) in [5.41, 5.74) is 0. The molecule has 4 heteroatoms. The summed E-state index contributed by atoms with van der Waals surface area (Å²) < 4.78 is 21.3. The number of hydrogen-bond acceptors (Lipinski definition) is 3. The van der Waals surface area contributed by atoms with E-state index in [9.17, 15) is 4.57 Å². The van der Waals surface area contributed by atoms with E-state index in [4.69, 9.17) is 9.05 Å². The summed E-state index contributed by atoms with van der Waals surface area (Å²) in [7, 11) is -0.289. The Bertz CT molecular complexity index is 277. The van der Waals surface area contributed by atoms with Crippen molar-refractivity contribution >= 4 is 12.9 Å². The van der Waals surface area contributed by atoms with Gasteiger partial charge in [0.25, 0.3) is 0 Å². The molecular formula is C10H17O3P. The predicted molar refractivity (Wildman–Crippen MR) is 59.0 cm³/mol. The molecule has 0 aliphatic rings. The molecule has 14 heavy (non-hydrogen) atoms. The maximum absolute atomic E-state index is 11.7. The van der Waals surface area contributed by atoms with Crippen LogP contribution in [-0.4, -0.2) is 14.2 Å². The maximum atomic E-state index is 11.7. The summed E-state index contributed by atoms with van der Waals surface area (Å²) in [6.07, 6.45) is 0. The van der Waals surface area contributed by atoms with Gasteiger partial charge in [-0.05, 0) is 12.1 Å². The van der Waals surface area contributed by atoms with Crippen molar-refractivity contribution in [3.63, 3.8) is 0 Å². The summed E-state index contributed by atoms with van der Waals surface area (Å²) in [5, 5.41) is 0.579. The van der Waals surface area contributed by atoms with Crippen LogP contribution in [0.25, 0.3) is 0 Å². The van der Waals surface area contributed by atoms with Gasteiger partial charge in [-0.3, -0.25) is 4.57 Å². The van der Waals surface area contributed by atoms with E-state index in [-0.39, 0.29) is 0 Å². The molecule has 0 heterocycles. The highest BCUT2D eigenvalue weighted by molar-refractivity contribution is 7.62. The average Bonchev–Trinajstić information content (AvgIpc) is 2.32. The highest BCUT2D eigenvalue weighted by atomic mass is 31.2. The van der Waals surface area contributed by atoms with Crippen LogP contribution in [0.5, 0.6) is 0 Å². The van der Waals surface area contributed by atoms with Crippen molar-refractivity contribution < 1.29 is 13.6 Å². The second kappa shape index (κ2) is 6.77. The van der Waals surface area contributed by atoms with E-state index < -0.39 is 7.60 Å². The van der Waals surface area contributed by atoms with Crippen molar-refractivity contribution in [3.05, 3.63) is 30.3 Å². The zero-order valence-electron chi connectivity index (χ0n) is 9.06. The molecule has 0 radical (unpaired) electrons. The van der Waals surface area contributed by atoms with E-state index in [0.717, 1.165) is 0 Å². The highest BCUT2D eigenvalue weighted by Crippen LogP contribution is 2.44. The Morgan fingerprint density at radius 3 is 1.79 bits per heavy atom. The van der Waals surface area contributed by atoms with Gasteiger partial charge in [-0.2, -0.15) is 0 Å². The molecule has 0 fully saturated rings. The fourth-order valence-electron chi connectivity index (χ4n) is 0.896. The van der Waals surface area contributed by atoms with Gasteiger partial charge in [-0.1, -0.05) is 32.0 Å². The van der Waals surface area contributed by atoms with Crippen LogP contribution in [0.4, 0.5) is 0 Å². The second-order valence-corrected chi connectivity index (χ2v) is 4.44. The third-order valence-corrected chi connectivity index (χ3v) is 3.45. The van der Waals surface area contributed by atoms with Gasteiger partial charge in [0.2, 0.25) is 0 Å². The molecule has 0 unspecified atom stereocenters. The summed E-state index contributed by atoms with van der Waals surface area (Å²) in [6.45, 7) is 4.00. The van der Waals surface area contributed by atoms with Crippen LogP contribution in [0.2, 0.25) is 0 Å². The number of hydrogen-bond donors (Lipinski definition) is 0. The van der Waals surface area contributed by atoms with Crippen molar-refractivity contribution in [2.24, 2.45) is 0 Å². The molecule has 0 bridgehead atoms. The van der Waals surface area contributed by atoms with Crippen molar-refractivity contribution in [1.82, 2.24) is 0 Å². The smallest absolute Gasteiger partial charge is 0.309 e. The first kappa shape index (κ1) is 13.4. The van der Waals surface area contributed by atoms with Crippen molar-refractivity contribution in [1.29, 1.82) is 0 Å². The minimum atomic E-state index is -3.03. The topological polar surface area (TPSA) is 35.5 Å². The normalized spacial score (nSPS) is 10.3. The second-order valence-electron chi connectivity index (χ2n) is 2.20. The zero-order chi connectivity index (χ0) is 11.0. The molecule has 1 aromatic carbocycles. The van der Waals surface area contributed by atoms with Crippen LogP contribution < -0.4 is 5.30 Å². The Hall–Kier alpha value is -0.630. The van der Waals surface area contributed by atoms with Gasteiger partial charge in [0.15, 0.2) is 0 Å². The molecule has 0 spiro atoms. The molecule has 0 atom stereocenters. The quantitative estimate of drug-likeness (QED) is 0.729. The molecule has 0 saturated heterocycles. The lowest BCUT2D eigenvalue weighted by molar-refractivity contribution is 0.287. The van der Waals surface area contributed by atoms with Gasteiger partial charge < -0.3 is 9.05 Å². The van der Waals surface area contributed by atoms with Gasteiger partial charge in [0, 0.05) is 14.2 Å². The summed E-state index contributed by atoms with van der Waals surface area (Å²) in [4.78, 5) is 0. The molecule has 0 aliphatic carbocycles. The molecule has 0 amide bonds. The third kappa shape index (κ3) is 3.26. The van der Waals surface area contributed by atoms with E-state index in [1.54, 1.807) is 24.3 Å². The van der Waals surface area contributed by atoms with Crippen molar-refractivity contribution in [2.45, 2.75) is 13.8 Å². The SMILES string of the molecule is CC.COP(=O)(OC)c1ccccc1. The van der Waals surface area contributed by atoms with E-state index in [1.165, 1.54) is 14.2 Å². The molecule has 0 saturated carbocycles. The predicted octanol–water partition coefficient (Wildman–Crippen LogP) is 2.82. The van der Waals surface area contributed by atoms with Crippen LogP contribution >= 0.6 is 7.60 Å². The minimum absolute atomic E-state index is 0.579. The maximum Gasteiger partial charge on any atom is 0.360 e. The van der Waals surface area contributed by atoms with E-state index in [1.807, 2.05) is 19.9 Å². The van der Waals surface area contributed by atoms with Crippen molar-refractivity contribution in [3.8, 4) is 0 Å². The highest BCUT2D eigenvalue weighted by Gasteiger charge is 2.23. The van der Waals surface area contributed by atoms with Crippen LogP contribution in [0.1, 0.15) is 13.8 Å². The Balaban J connectivity index is 0.000000791. The Kier molecular flexibility index (Phi) is 6.46. The van der Waals surface area contributed by atoms with Gasteiger partial charge in [0.1, 0.15) is 0 Å². The summed E-state index contributed by atoms with van der Waals surface area (Å²) in [5.74, 6) is 0. The van der Waals surface area contributed by atoms with E-state index >= 15 is 0 Å². The zero-order valence-corrected chi connectivity index (χ0v) is 9.95. The van der Waals surface area contributed by atoms with E-state index in [2.05, 4.69) is 0 Å². The van der Waals surface area contributed by atoms with Crippen LogP contribution in [0.15, 0.2) is 30.3 Å². The van der Waals surface area contributed by atoms with Crippen LogP contribution in [-0.2, 0) is 13.6 Å². The molecule has 3 nitrogen and oxygen atoms in total. The summed E-state index contributed by atoms with van der Waals surface area (Å²) >= 11 is 0. The molecule has 1 aromatic rings. The lowest BCUT2D eigenvalue weighted by Crippen LogP contribution is -2.06. The molecule has 1 rings (SSSR count). The number of benzene rings is 1. The fraction of sp³-hybridized carbons (Fsp3) is 0.400. The van der Waals surface area contributed by atoms with Crippen molar-refractivity contribution in [2.75, 3.05) is 14.2 Å². The van der Waals surface area contributed by atoms with Gasteiger partial charge in [-0.25, -0.2) is 0 Å². The Labute approximate surface area is 85.6 Å². The Morgan fingerprint density at radius 2 is 1.43 bits per heavy atom. The molecule has 0 aliphatic heterocycles. The lowest BCUT2D eigenvalue weighted by atomic mass is 10.4. The van der Waals surface area contributed by atoms with Gasteiger partial charge >= 0.3 is 7.60 Å². The molecular weight excluding hydrogens is 199 g/mol. The third-order valence-electron chi connectivity index (χ3n) is 1.55. The summed E-state index contributed by atoms with van der Waals surface area (Å²) in [6, 6.07) is 8.86. The van der Waals surface area contributed by atoms with Crippen LogP contribution in [0, 0.1) is 0 Å². The lowest BCUT2D eigenvalue weighted by Gasteiger charge is -2.12. The number of rotatable bonds is 3. The fourth-order valence-corrected chi connectivity index (χ4v) is 2.00. The van der Waals surface area contributed by atoms with Crippen LogP contribution in [0.3, 0.4) is 0 Å². The molecule has 0 aromatic heterocycles. The standard InChI is InChI=1S/C8H11O3P.C2H6/c1-10-12(9,11-2)8-6-4-3-5-7-8;1-2/h3-7H,1-2H3;1-2H3. The first-order valence-electron chi connectivity index (χ1n) is 4.50. The van der Waals surface area contributed by atoms with Gasteiger partial charge in [0.05, 0.1) is 5.30 Å². The van der Waals surface area contributed by atoms with E-state index in [0.29, 0.717) is 5.30 Å². The molecule has 80 valence electrons. The van der Waals surface area contributed by atoms with Gasteiger partial charge in [-0.15, -0.1) is 0 Å². The first-order chi connectivity index (χ1) is 6.73. The molecule has 0 N–H and O–H groups in total.